The second-order valence-electron chi connectivity index (χ2n) is 8.04. The van der Waals surface area contributed by atoms with Gasteiger partial charge in [-0.3, -0.25) is 4.79 Å². The first kappa shape index (κ1) is 22.6. The number of ether oxygens (including phenoxy) is 2. The molecule has 0 aliphatic carbocycles. The highest BCUT2D eigenvalue weighted by Crippen LogP contribution is 2.33. The Hall–Kier alpha value is -2.08. The van der Waals surface area contributed by atoms with Crippen LogP contribution in [-0.4, -0.2) is 31.7 Å². The van der Waals surface area contributed by atoms with Crippen LogP contribution in [0.4, 0.5) is 0 Å². The van der Waals surface area contributed by atoms with E-state index in [9.17, 15) is 4.79 Å². The van der Waals surface area contributed by atoms with Gasteiger partial charge in [0.1, 0.15) is 12.4 Å². The zero-order valence-corrected chi connectivity index (χ0v) is 18.1. The fourth-order valence-electron chi connectivity index (χ4n) is 4.29. The number of rotatable bonds is 7. The van der Waals surface area contributed by atoms with Gasteiger partial charge in [-0.15, -0.1) is 12.4 Å². The zero-order valence-electron chi connectivity index (χ0n) is 17.3. The second-order valence-corrected chi connectivity index (χ2v) is 8.04. The van der Waals surface area contributed by atoms with Crippen molar-refractivity contribution in [2.24, 2.45) is 0 Å². The molecule has 0 aromatic heterocycles. The van der Waals surface area contributed by atoms with E-state index in [0.717, 1.165) is 49.1 Å². The Balaban J connectivity index is 0.00000256. The Bertz CT molecular complexity index is 786. The molecule has 2 aliphatic heterocycles. The molecule has 0 spiro atoms. The van der Waals surface area contributed by atoms with Gasteiger partial charge in [-0.2, -0.15) is 0 Å². The van der Waals surface area contributed by atoms with Crippen LogP contribution in [0, 0.1) is 0 Å². The molecule has 2 saturated heterocycles. The molecule has 2 aliphatic rings. The van der Waals surface area contributed by atoms with Crippen LogP contribution in [0.1, 0.15) is 43.2 Å². The number of carbonyl (C=O) groups excluding carboxylic acids is 1. The van der Waals surface area contributed by atoms with Crippen LogP contribution in [0.5, 0.6) is 5.75 Å². The molecule has 5 nitrogen and oxygen atoms in total. The largest absolute Gasteiger partial charge is 0.489 e. The quantitative estimate of drug-likeness (QED) is 0.698. The Labute approximate surface area is 184 Å². The van der Waals surface area contributed by atoms with Crippen LogP contribution < -0.4 is 15.4 Å². The number of hydrogen-bond donors (Lipinski definition) is 2. The van der Waals surface area contributed by atoms with Crippen LogP contribution in [0.3, 0.4) is 0 Å². The van der Waals surface area contributed by atoms with Crippen molar-refractivity contribution in [2.75, 3.05) is 19.8 Å². The molecule has 2 N–H and O–H groups in total. The summed E-state index contributed by atoms with van der Waals surface area (Å²) in [6.45, 7) is 2.88. The van der Waals surface area contributed by atoms with Crippen molar-refractivity contribution >= 4 is 18.3 Å². The Morgan fingerprint density at radius 1 is 1.10 bits per heavy atom. The van der Waals surface area contributed by atoms with Gasteiger partial charge < -0.3 is 20.1 Å². The van der Waals surface area contributed by atoms with Crippen LogP contribution in [0.25, 0.3) is 0 Å². The standard InChI is InChI=1S/C24H30N2O3.ClH/c27-23(17-21-7-4-14-25-21)26-24(12-15-28-16-13-24)20-8-10-22(11-9-20)29-18-19-5-2-1-3-6-19;/h1-3,5-6,8-11,21,25H,4,7,12-18H2,(H,26,27);1H. The van der Waals surface area contributed by atoms with Gasteiger partial charge in [0.25, 0.3) is 0 Å². The topological polar surface area (TPSA) is 59.6 Å². The van der Waals surface area contributed by atoms with E-state index in [1.54, 1.807) is 0 Å². The van der Waals surface area contributed by atoms with Crippen LogP contribution in [0.15, 0.2) is 54.6 Å². The van der Waals surface area contributed by atoms with Gasteiger partial charge in [0.05, 0.1) is 5.54 Å². The molecule has 162 valence electrons. The highest BCUT2D eigenvalue weighted by atomic mass is 35.5. The number of benzene rings is 2. The third-order valence-electron chi connectivity index (χ3n) is 5.97. The van der Waals surface area contributed by atoms with E-state index in [2.05, 4.69) is 34.9 Å². The maximum atomic E-state index is 12.8. The highest BCUT2D eigenvalue weighted by Gasteiger charge is 2.36. The Kier molecular flexibility index (Phi) is 8.14. The summed E-state index contributed by atoms with van der Waals surface area (Å²) >= 11 is 0. The molecule has 1 unspecified atom stereocenters. The van der Waals surface area contributed by atoms with E-state index in [1.165, 1.54) is 0 Å². The average Bonchev–Trinajstić information content (AvgIpc) is 3.27. The molecule has 0 saturated carbocycles. The van der Waals surface area contributed by atoms with Crippen molar-refractivity contribution in [3.8, 4) is 5.75 Å². The van der Waals surface area contributed by atoms with E-state index < -0.39 is 0 Å². The third-order valence-corrected chi connectivity index (χ3v) is 5.97. The summed E-state index contributed by atoms with van der Waals surface area (Å²) in [7, 11) is 0. The molecule has 1 atom stereocenters. The molecule has 6 heteroatoms. The number of carbonyl (C=O) groups is 1. The van der Waals surface area contributed by atoms with Crippen molar-refractivity contribution < 1.29 is 14.3 Å². The van der Waals surface area contributed by atoms with Gasteiger partial charge in [-0.25, -0.2) is 0 Å². The molecule has 2 heterocycles. The van der Waals surface area contributed by atoms with Crippen molar-refractivity contribution in [1.82, 2.24) is 10.6 Å². The molecule has 2 aromatic carbocycles. The lowest BCUT2D eigenvalue weighted by Gasteiger charge is -2.39. The monoisotopic (exact) mass is 430 g/mol. The van der Waals surface area contributed by atoms with E-state index in [0.29, 0.717) is 32.3 Å². The van der Waals surface area contributed by atoms with E-state index in [1.807, 2.05) is 30.3 Å². The van der Waals surface area contributed by atoms with Gasteiger partial charge in [-0.1, -0.05) is 42.5 Å². The first-order valence-electron chi connectivity index (χ1n) is 10.6. The first-order chi connectivity index (χ1) is 14.2. The lowest BCUT2D eigenvalue weighted by Crippen LogP contribution is -2.50. The second kappa shape index (κ2) is 10.8. The molecule has 4 rings (SSSR count). The minimum absolute atomic E-state index is 0. The third kappa shape index (κ3) is 5.75. The summed E-state index contributed by atoms with van der Waals surface area (Å²) in [4.78, 5) is 12.8. The minimum atomic E-state index is -0.355. The number of hydrogen-bond acceptors (Lipinski definition) is 4. The Morgan fingerprint density at radius 3 is 2.50 bits per heavy atom. The maximum absolute atomic E-state index is 12.8. The van der Waals surface area contributed by atoms with Crippen LogP contribution in [0.2, 0.25) is 0 Å². The predicted octanol–water partition coefficient (Wildman–Crippen LogP) is 3.95. The molecular formula is C24H31ClN2O3. The summed E-state index contributed by atoms with van der Waals surface area (Å²) in [5.74, 6) is 0.956. The smallest absolute Gasteiger partial charge is 0.222 e. The van der Waals surface area contributed by atoms with Gasteiger partial charge in [0.15, 0.2) is 0 Å². The average molecular weight is 431 g/mol. The lowest BCUT2D eigenvalue weighted by atomic mass is 9.82. The van der Waals surface area contributed by atoms with Gasteiger partial charge in [-0.05, 0) is 55.5 Å². The number of amides is 1. The first-order valence-corrected chi connectivity index (χ1v) is 10.6. The minimum Gasteiger partial charge on any atom is -0.489 e. The fraction of sp³-hybridized carbons (Fsp3) is 0.458. The summed E-state index contributed by atoms with van der Waals surface area (Å²) in [5, 5.41) is 6.76. The molecule has 30 heavy (non-hydrogen) atoms. The normalized spacial score (nSPS) is 20.2. The van der Waals surface area contributed by atoms with Crippen molar-refractivity contribution in [1.29, 1.82) is 0 Å². The molecule has 0 radical (unpaired) electrons. The molecular weight excluding hydrogens is 400 g/mol. The summed E-state index contributed by atoms with van der Waals surface area (Å²) in [5.41, 5.74) is 1.91. The van der Waals surface area contributed by atoms with Gasteiger partial charge >= 0.3 is 0 Å². The number of halogens is 1. The van der Waals surface area contributed by atoms with Gasteiger partial charge in [0, 0.05) is 25.7 Å². The SMILES string of the molecule is Cl.O=C(CC1CCCN1)NC1(c2ccc(OCc3ccccc3)cc2)CCOCC1. The van der Waals surface area contributed by atoms with Crippen LogP contribution >= 0.6 is 12.4 Å². The summed E-state index contributed by atoms with van der Waals surface area (Å²) in [6, 6.07) is 18.6. The van der Waals surface area contributed by atoms with Crippen LogP contribution in [-0.2, 0) is 21.7 Å². The predicted molar refractivity (Wildman–Crippen MR) is 120 cm³/mol. The highest BCUT2D eigenvalue weighted by molar-refractivity contribution is 5.85. The summed E-state index contributed by atoms with van der Waals surface area (Å²) in [6.07, 6.45) is 4.36. The van der Waals surface area contributed by atoms with Crippen molar-refractivity contribution in [3.63, 3.8) is 0 Å². The molecule has 2 fully saturated rings. The van der Waals surface area contributed by atoms with Gasteiger partial charge in [0.2, 0.25) is 5.91 Å². The zero-order chi connectivity index (χ0) is 19.9. The Morgan fingerprint density at radius 2 is 1.83 bits per heavy atom. The fourth-order valence-corrected chi connectivity index (χ4v) is 4.29. The molecule has 0 bridgehead atoms. The lowest BCUT2D eigenvalue weighted by molar-refractivity contribution is -0.125. The molecule has 1 amide bonds. The van der Waals surface area contributed by atoms with Crippen molar-refractivity contribution in [3.05, 3.63) is 65.7 Å². The number of nitrogens with one attached hydrogen (secondary N) is 2. The van der Waals surface area contributed by atoms with Crippen molar-refractivity contribution in [2.45, 2.75) is 50.3 Å². The molecule has 2 aromatic rings. The summed E-state index contributed by atoms with van der Waals surface area (Å²) < 4.78 is 11.5. The maximum Gasteiger partial charge on any atom is 0.222 e. The van der Waals surface area contributed by atoms with E-state index in [-0.39, 0.29) is 23.9 Å². The van der Waals surface area contributed by atoms with E-state index >= 15 is 0 Å². The van der Waals surface area contributed by atoms with E-state index in [4.69, 9.17) is 9.47 Å².